The van der Waals surface area contributed by atoms with Crippen LogP contribution in [0.2, 0.25) is 0 Å². The van der Waals surface area contributed by atoms with Crippen molar-refractivity contribution in [2.24, 2.45) is 5.92 Å². The zero-order valence-electron chi connectivity index (χ0n) is 17.2. The minimum atomic E-state index is 0.531. The van der Waals surface area contributed by atoms with Crippen molar-refractivity contribution in [2.45, 2.75) is 51.7 Å². The van der Waals surface area contributed by atoms with Gasteiger partial charge in [0.1, 0.15) is 0 Å². The number of hydrogen-bond donors (Lipinski definition) is 1. The minimum absolute atomic E-state index is 0.531. The zero-order chi connectivity index (χ0) is 19.5. The predicted molar refractivity (Wildman–Crippen MR) is 121 cm³/mol. The fraction of sp³-hybridized carbons (Fsp3) is 0.800. The lowest BCUT2D eigenvalue weighted by Gasteiger charge is -2.39. The van der Waals surface area contributed by atoms with E-state index < -0.39 is 0 Å². The lowest BCUT2D eigenvalue weighted by Crippen LogP contribution is -2.52. The number of rotatable bonds is 7. The molecule has 2 unspecified atom stereocenters. The van der Waals surface area contributed by atoms with E-state index in [2.05, 4.69) is 44.5 Å². The molecule has 0 aliphatic carbocycles. The number of piperazine rings is 2. The van der Waals surface area contributed by atoms with Crippen LogP contribution in [0, 0.1) is 5.92 Å². The van der Waals surface area contributed by atoms with Gasteiger partial charge in [-0.2, -0.15) is 0 Å². The maximum Gasteiger partial charge on any atom is 0.225 e. The van der Waals surface area contributed by atoms with Crippen LogP contribution in [-0.4, -0.2) is 82.0 Å². The van der Waals surface area contributed by atoms with Gasteiger partial charge in [0, 0.05) is 75.9 Å². The summed E-state index contributed by atoms with van der Waals surface area (Å²) in [5.74, 6) is 1.71. The van der Waals surface area contributed by atoms with Gasteiger partial charge in [0.25, 0.3) is 0 Å². The predicted octanol–water partition coefficient (Wildman–Crippen LogP) is 2.79. The highest BCUT2D eigenvalue weighted by molar-refractivity contribution is 8.67. The third-order valence-electron chi connectivity index (χ3n) is 6.38. The molecule has 0 saturated carbocycles. The number of aromatic nitrogens is 2. The second kappa shape index (κ2) is 9.51. The molecule has 28 heavy (non-hydrogen) atoms. The highest BCUT2D eigenvalue weighted by Crippen LogP contribution is 2.35. The molecule has 0 amide bonds. The van der Waals surface area contributed by atoms with E-state index in [-0.39, 0.29) is 0 Å². The zero-order valence-corrected chi connectivity index (χ0v) is 18.9. The topological polar surface area (TPSA) is 38.7 Å². The van der Waals surface area contributed by atoms with Gasteiger partial charge in [-0.05, 0) is 42.7 Å². The lowest BCUT2D eigenvalue weighted by molar-refractivity contribution is 0.123. The van der Waals surface area contributed by atoms with Crippen molar-refractivity contribution >= 4 is 28.6 Å². The van der Waals surface area contributed by atoms with Gasteiger partial charge in [0.2, 0.25) is 5.95 Å². The van der Waals surface area contributed by atoms with E-state index in [1.165, 1.54) is 44.5 Å². The standard InChI is InChI=1S/C20H34N6S2/c1-16(2)5-6-23-7-9-24(10-8-23)13-17-11-21-20(22-12-17)26-18-3-4-19(26)15-25(14-18)28-27/h11-12,16,18-19,27H,3-10,13-15H2,1-2H3. The molecule has 3 aliphatic rings. The Morgan fingerprint density at radius 2 is 1.64 bits per heavy atom. The fourth-order valence-electron chi connectivity index (χ4n) is 4.69. The summed E-state index contributed by atoms with van der Waals surface area (Å²) in [6.45, 7) is 13.6. The van der Waals surface area contributed by atoms with Crippen LogP contribution in [0.25, 0.3) is 0 Å². The Hall–Kier alpha value is -0.540. The maximum absolute atomic E-state index is 4.76. The van der Waals surface area contributed by atoms with Gasteiger partial charge in [-0.25, -0.2) is 14.3 Å². The first-order valence-corrected chi connectivity index (χ1v) is 12.6. The molecule has 0 spiro atoms. The molecule has 2 bridgehead atoms. The molecule has 6 nitrogen and oxygen atoms in total. The molecule has 0 aromatic carbocycles. The normalized spacial score (nSPS) is 27.1. The van der Waals surface area contributed by atoms with Crippen LogP contribution in [-0.2, 0) is 6.54 Å². The van der Waals surface area contributed by atoms with Crippen molar-refractivity contribution in [3.05, 3.63) is 18.0 Å². The first kappa shape index (κ1) is 20.7. The van der Waals surface area contributed by atoms with E-state index in [1.807, 2.05) is 12.4 Å². The number of hydrogen-bond acceptors (Lipinski definition) is 8. The summed E-state index contributed by atoms with van der Waals surface area (Å²) < 4.78 is 2.36. The number of fused-ring (bicyclic) bond motifs is 2. The first-order valence-electron chi connectivity index (χ1n) is 10.7. The van der Waals surface area contributed by atoms with Crippen LogP contribution in [0.3, 0.4) is 0 Å². The number of anilines is 1. The van der Waals surface area contributed by atoms with Gasteiger partial charge >= 0.3 is 0 Å². The van der Waals surface area contributed by atoms with Crippen molar-refractivity contribution in [1.29, 1.82) is 0 Å². The summed E-state index contributed by atoms with van der Waals surface area (Å²) in [6, 6.07) is 1.06. The van der Waals surface area contributed by atoms with Crippen LogP contribution in [0.15, 0.2) is 12.4 Å². The Labute approximate surface area is 179 Å². The van der Waals surface area contributed by atoms with Crippen molar-refractivity contribution in [1.82, 2.24) is 24.1 Å². The van der Waals surface area contributed by atoms with E-state index in [0.717, 1.165) is 44.6 Å². The molecule has 1 aromatic rings. The molecular weight excluding hydrogens is 388 g/mol. The van der Waals surface area contributed by atoms with Crippen molar-refractivity contribution < 1.29 is 0 Å². The number of nitrogens with zero attached hydrogens (tertiary/aromatic N) is 6. The molecule has 4 rings (SSSR count). The summed E-state index contributed by atoms with van der Waals surface area (Å²) in [6.07, 6.45) is 7.88. The molecule has 3 saturated heterocycles. The molecule has 2 atom stereocenters. The van der Waals surface area contributed by atoms with Crippen LogP contribution in [0.1, 0.15) is 38.7 Å². The Morgan fingerprint density at radius 1 is 1.04 bits per heavy atom. The Morgan fingerprint density at radius 3 is 2.21 bits per heavy atom. The van der Waals surface area contributed by atoms with Gasteiger partial charge in [-0.3, -0.25) is 4.90 Å². The monoisotopic (exact) mass is 422 g/mol. The van der Waals surface area contributed by atoms with E-state index in [9.17, 15) is 0 Å². The SMILES string of the molecule is CC(C)CCN1CCN(Cc2cnc(N3C4CCC3CN(SS)C4)nc2)CC1. The Balaban J connectivity index is 1.28. The summed E-state index contributed by atoms with van der Waals surface area (Å²) in [4.78, 5) is 17.1. The second-order valence-electron chi connectivity index (χ2n) is 8.91. The molecule has 3 aliphatic heterocycles. The molecule has 3 fully saturated rings. The fourth-order valence-corrected chi connectivity index (χ4v) is 5.57. The molecule has 4 heterocycles. The summed E-state index contributed by atoms with van der Waals surface area (Å²) >= 11 is 4.38. The highest BCUT2D eigenvalue weighted by atomic mass is 33.1. The van der Waals surface area contributed by atoms with E-state index >= 15 is 0 Å². The highest BCUT2D eigenvalue weighted by Gasteiger charge is 2.41. The van der Waals surface area contributed by atoms with Gasteiger partial charge in [0.05, 0.1) is 0 Å². The molecule has 8 heteroatoms. The summed E-state index contributed by atoms with van der Waals surface area (Å²) in [5, 5.41) is 0. The van der Waals surface area contributed by atoms with Crippen molar-refractivity contribution in [2.75, 3.05) is 50.7 Å². The summed E-state index contributed by atoms with van der Waals surface area (Å²) in [7, 11) is 1.57. The third kappa shape index (κ3) is 4.95. The maximum atomic E-state index is 4.76. The van der Waals surface area contributed by atoms with Gasteiger partial charge in [-0.1, -0.05) is 25.5 Å². The Kier molecular flexibility index (Phi) is 7.04. The van der Waals surface area contributed by atoms with Crippen LogP contribution in [0.5, 0.6) is 0 Å². The van der Waals surface area contributed by atoms with Crippen LogP contribution >= 0.6 is 22.6 Å². The van der Waals surface area contributed by atoms with Crippen LogP contribution < -0.4 is 4.90 Å². The molecule has 0 N–H and O–H groups in total. The van der Waals surface area contributed by atoms with E-state index in [1.54, 1.807) is 11.0 Å². The average molecular weight is 423 g/mol. The van der Waals surface area contributed by atoms with Gasteiger partial charge in [-0.15, -0.1) is 0 Å². The molecular formula is C20H34N6S2. The molecule has 0 radical (unpaired) electrons. The lowest BCUT2D eigenvalue weighted by atomic mass is 10.1. The van der Waals surface area contributed by atoms with Crippen molar-refractivity contribution in [3.63, 3.8) is 0 Å². The smallest absolute Gasteiger partial charge is 0.225 e. The van der Waals surface area contributed by atoms with E-state index in [4.69, 9.17) is 9.97 Å². The first-order chi connectivity index (χ1) is 13.6. The third-order valence-corrected chi connectivity index (χ3v) is 7.60. The second-order valence-corrected chi connectivity index (χ2v) is 10.1. The van der Waals surface area contributed by atoms with Gasteiger partial charge < -0.3 is 9.80 Å². The van der Waals surface area contributed by atoms with Crippen molar-refractivity contribution in [3.8, 4) is 0 Å². The Bertz CT molecular complexity index is 606. The molecule has 156 valence electrons. The molecule has 1 aromatic heterocycles. The van der Waals surface area contributed by atoms with E-state index in [0.29, 0.717) is 12.1 Å². The quantitative estimate of drug-likeness (QED) is 0.411. The summed E-state index contributed by atoms with van der Waals surface area (Å²) in [5.41, 5.74) is 1.23. The van der Waals surface area contributed by atoms with Crippen LogP contribution in [0.4, 0.5) is 5.95 Å². The minimum Gasteiger partial charge on any atom is -0.332 e. The van der Waals surface area contributed by atoms with Gasteiger partial charge in [0.15, 0.2) is 0 Å². The largest absolute Gasteiger partial charge is 0.332 e. The number of thiol groups is 1. The average Bonchev–Trinajstić information content (AvgIpc) is 2.97.